The lowest BCUT2D eigenvalue weighted by Crippen LogP contribution is -2.28. The number of hydrogen-bond acceptors (Lipinski definition) is 4. The Morgan fingerprint density at radius 3 is 2.88 bits per heavy atom. The zero-order valence-corrected chi connectivity index (χ0v) is 13.9. The van der Waals surface area contributed by atoms with Crippen LogP contribution in [0.15, 0.2) is 36.4 Å². The first-order valence-electron chi connectivity index (χ1n) is 7.96. The second-order valence-corrected chi connectivity index (χ2v) is 5.86. The van der Waals surface area contributed by atoms with Gasteiger partial charge in [-0.3, -0.25) is 9.59 Å². The monoisotopic (exact) mass is 324 g/mol. The number of aryl methyl sites for hydroxylation is 1. The number of carbonyl (C=O) groups excluding carboxylic acids is 2. The number of ketones is 1. The van der Waals surface area contributed by atoms with E-state index in [1.54, 1.807) is 13.0 Å². The minimum Gasteiger partial charge on any atom is -0.488 e. The Bertz CT molecular complexity index is 820. The van der Waals surface area contributed by atoms with Crippen LogP contribution in [0, 0.1) is 0 Å². The van der Waals surface area contributed by atoms with E-state index < -0.39 is 0 Å². The summed E-state index contributed by atoms with van der Waals surface area (Å²) in [4.78, 5) is 28.4. The molecule has 0 amide bonds. The molecule has 24 heavy (non-hydrogen) atoms. The van der Waals surface area contributed by atoms with E-state index >= 15 is 0 Å². The summed E-state index contributed by atoms with van der Waals surface area (Å²) >= 11 is 0. The van der Waals surface area contributed by atoms with E-state index in [9.17, 15) is 9.59 Å². The third-order valence-electron chi connectivity index (χ3n) is 4.17. The fraction of sp³-hybridized carbons (Fsp3) is 0.263. The van der Waals surface area contributed by atoms with E-state index in [0.29, 0.717) is 35.7 Å². The third-order valence-corrected chi connectivity index (χ3v) is 4.17. The van der Waals surface area contributed by atoms with Crippen molar-refractivity contribution in [1.29, 1.82) is 0 Å². The summed E-state index contributed by atoms with van der Waals surface area (Å²) in [7, 11) is 0. The van der Waals surface area contributed by atoms with Gasteiger partial charge in [-0.25, -0.2) is 0 Å². The Morgan fingerprint density at radius 1 is 1.42 bits per heavy atom. The number of aromatic amines is 1. The average molecular weight is 324 g/mol. The van der Waals surface area contributed by atoms with Crippen LogP contribution in [0.3, 0.4) is 0 Å². The molecule has 0 atom stereocenters. The molecule has 0 aliphatic carbocycles. The number of fused-ring (bicyclic) bond motifs is 1. The smallest absolute Gasteiger partial charge is 0.188 e. The van der Waals surface area contributed by atoms with E-state index in [2.05, 4.69) is 16.5 Å². The molecule has 1 aliphatic rings. The standard InChI is InChI=1S/C19H20N2O3/c1-4-13-9-15(5-6-16(13)18(23)12(2)3)21-7-8-24-17-10-14(11-22)20-19(17)21/h5-6,9-11,20H,2,4,7-8H2,1,3H3. The van der Waals surface area contributed by atoms with Crippen molar-refractivity contribution in [2.24, 2.45) is 0 Å². The van der Waals surface area contributed by atoms with Crippen molar-refractivity contribution in [3.8, 4) is 5.75 Å². The number of H-pyrrole nitrogens is 1. The van der Waals surface area contributed by atoms with Gasteiger partial charge in [0.25, 0.3) is 0 Å². The van der Waals surface area contributed by atoms with Gasteiger partial charge in [0.2, 0.25) is 0 Å². The molecular formula is C19H20N2O3. The Kier molecular flexibility index (Phi) is 4.25. The van der Waals surface area contributed by atoms with Crippen molar-refractivity contribution in [1.82, 2.24) is 4.98 Å². The maximum atomic E-state index is 12.3. The third kappa shape index (κ3) is 2.73. The van der Waals surface area contributed by atoms with Crippen molar-refractivity contribution >= 4 is 23.6 Å². The maximum absolute atomic E-state index is 12.3. The molecule has 0 unspecified atom stereocenters. The number of Topliss-reactive ketones (excluding diaryl/α,β-unsaturated/α-hetero) is 1. The predicted octanol–water partition coefficient (Wildman–Crippen LogP) is 3.68. The molecule has 0 saturated carbocycles. The number of aldehydes is 1. The number of anilines is 2. The molecule has 1 aliphatic heterocycles. The molecule has 5 nitrogen and oxygen atoms in total. The van der Waals surface area contributed by atoms with Gasteiger partial charge in [0.05, 0.1) is 12.2 Å². The predicted molar refractivity (Wildman–Crippen MR) is 93.6 cm³/mol. The van der Waals surface area contributed by atoms with Gasteiger partial charge in [-0.1, -0.05) is 13.5 Å². The number of carbonyl (C=O) groups is 2. The second kappa shape index (κ2) is 6.35. The summed E-state index contributed by atoms with van der Waals surface area (Å²) in [5.41, 5.74) is 3.66. The first-order chi connectivity index (χ1) is 11.5. The van der Waals surface area contributed by atoms with Gasteiger partial charge < -0.3 is 14.6 Å². The summed E-state index contributed by atoms with van der Waals surface area (Å²) in [5, 5.41) is 0. The van der Waals surface area contributed by atoms with Crippen molar-refractivity contribution < 1.29 is 14.3 Å². The molecule has 5 heteroatoms. The number of rotatable bonds is 5. The number of nitrogens with zero attached hydrogens (tertiary/aromatic N) is 1. The molecule has 1 aromatic heterocycles. The number of aromatic nitrogens is 1. The van der Waals surface area contributed by atoms with Gasteiger partial charge in [-0.05, 0) is 42.7 Å². The van der Waals surface area contributed by atoms with Crippen LogP contribution in [0.5, 0.6) is 5.75 Å². The largest absolute Gasteiger partial charge is 0.488 e. The highest BCUT2D eigenvalue weighted by molar-refractivity contribution is 6.09. The SMILES string of the molecule is C=C(C)C(=O)c1ccc(N2CCOc3cc(C=O)[nH]c32)cc1CC. The van der Waals surface area contributed by atoms with Crippen molar-refractivity contribution in [2.75, 3.05) is 18.1 Å². The molecule has 0 saturated heterocycles. The Labute approximate surface area is 140 Å². The van der Waals surface area contributed by atoms with Gasteiger partial charge in [0.1, 0.15) is 6.61 Å². The zero-order chi connectivity index (χ0) is 17.3. The van der Waals surface area contributed by atoms with Crippen LogP contribution in [-0.2, 0) is 6.42 Å². The van der Waals surface area contributed by atoms with Gasteiger partial charge in [0.15, 0.2) is 23.6 Å². The van der Waals surface area contributed by atoms with E-state index in [1.165, 1.54) is 0 Å². The second-order valence-electron chi connectivity index (χ2n) is 5.86. The molecule has 124 valence electrons. The Hall–Kier alpha value is -2.82. The van der Waals surface area contributed by atoms with Crippen LogP contribution in [-0.4, -0.2) is 30.2 Å². The lowest BCUT2D eigenvalue weighted by atomic mass is 9.97. The van der Waals surface area contributed by atoms with Gasteiger partial charge in [-0.2, -0.15) is 0 Å². The van der Waals surface area contributed by atoms with E-state index in [-0.39, 0.29) is 5.78 Å². The van der Waals surface area contributed by atoms with Crippen LogP contribution in [0.4, 0.5) is 11.5 Å². The molecular weight excluding hydrogens is 304 g/mol. The number of benzene rings is 1. The lowest BCUT2D eigenvalue weighted by molar-refractivity contribution is 0.103. The van der Waals surface area contributed by atoms with Crippen LogP contribution in [0.25, 0.3) is 0 Å². The van der Waals surface area contributed by atoms with Crippen molar-refractivity contribution in [3.63, 3.8) is 0 Å². The number of nitrogens with one attached hydrogen (secondary N) is 1. The molecule has 3 rings (SSSR count). The average Bonchev–Trinajstić information content (AvgIpc) is 3.03. The highest BCUT2D eigenvalue weighted by atomic mass is 16.5. The highest BCUT2D eigenvalue weighted by Crippen LogP contribution is 2.37. The van der Waals surface area contributed by atoms with E-state index in [0.717, 1.165) is 29.8 Å². The summed E-state index contributed by atoms with van der Waals surface area (Å²) in [6.07, 6.45) is 1.52. The minimum absolute atomic E-state index is 0.0239. The summed E-state index contributed by atoms with van der Waals surface area (Å²) < 4.78 is 5.61. The lowest BCUT2D eigenvalue weighted by Gasteiger charge is -2.29. The molecule has 1 N–H and O–H groups in total. The van der Waals surface area contributed by atoms with Crippen molar-refractivity contribution in [2.45, 2.75) is 20.3 Å². The molecule has 0 radical (unpaired) electrons. The molecule has 0 spiro atoms. The first kappa shape index (κ1) is 16.1. The molecule has 2 aromatic rings. The normalized spacial score (nSPS) is 13.2. The van der Waals surface area contributed by atoms with Gasteiger partial charge in [-0.15, -0.1) is 0 Å². The van der Waals surface area contributed by atoms with Gasteiger partial charge >= 0.3 is 0 Å². The quantitative estimate of drug-likeness (QED) is 0.518. The summed E-state index contributed by atoms with van der Waals surface area (Å²) in [6, 6.07) is 7.50. The van der Waals surface area contributed by atoms with E-state index in [1.807, 2.05) is 25.1 Å². The van der Waals surface area contributed by atoms with Crippen LogP contribution >= 0.6 is 0 Å². The van der Waals surface area contributed by atoms with Gasteiger partial charge in [0, 0.05) is 17.3 Å². The number of allylic oxidation sites excluding steroid dienone is 1. The first-order valence-corrected chi connectivity index (χ1v) is 7.96. The molecule has 0 bridgehead atoms. The van der Waals surface area contributed by atoms with E-state index in [4.69, 9.17) is 4.74 Å². The molecule has 0 fully saturated rings. The zero-order valence-electron chi connectivity index (χ0n) is 13.9. The van der Waals surface area contributed by atoms with Crippen LogP contribution in [0.1, 0.15) is 40.3 Å². The van der Waals surface area contributed by atoms with Crippen LogP contribution in [0.2, 0.25) is 0 Å². The van der Waals surface area contributed by atoms with Crippen molar-refractivity contribution in [3.05, 3.63) is 53.2 Å². The molecule has 2 heterocycles. The number of hydrogen-bond donors (Lipinski definition) is 1. The van der Waals surface area contributed by atoms with Crippen LogP contribution < -0.4 is 9.64 Å². The highest BCUT2D eigenvalue weighted by Gasteiger charge is 2.23. The summed E-state index contributed by atoms with van der Waals surface area (Å²) in [5.74, 6) is 1.41. The Balaban J connectivity index is 2.02. The molecule has 1 aromatic carbocycles. The fourth-order valence-corrected chi connectivity index (χ4v) is 2.93. The summed E-state index contributed by atoms with van der Waals surface area (Å²) in [6.45, 7) is 8.71. The fourth-order valence-electron chi connectivity index (χ4n) is 2.93. The Morgan fingerprint density at radius 2 is 2.21 bits per heavy atom. The topological polar surface area (TPSA) is 62.4 Å². The minimum atomic E-state index is -0.0239. The maximum Gasteiger partial charge on any atom is 0.188 e. The number of ether oxygens (including phenoxy) is 1.